The highest BCUT2D eigenvalue weighted by Gasteiger charge is 2.06. The van der Waals surface area contributed by atoms with E-state index in [4.69, 9.17) is 0 Å². The third kappa shape index (κ3) is 3.37. The Morgan fingerprint density at radius 3 is 2.32 bits per heavy atom. The third-order valence-electron chi connectivity index (χ3n) is 2.95. The minimum absolute atomic E-state index is 0.234. The Balaban J connectivity index is 2.17. The number of benzene rings is 2. The summed E-state index contributed by atoms with van der Waals surface area (Å²) in [5.41, 5.74) is 4.30. The largest absolute Gasteiger partial charge is 0.381 e. The van der Waals surface area contributed by atoms with Crippen molar-refractivity contribution >= 4 is 37.5 Å². The molecule has 0 aliphatic rings. The summed E-state index contributed by atoms with van der Waals surface area (Å²) in [7, 11) is 0. The van der Waals surface area contributed by atoms with Crippen molar-refractivity contribution in [2.45, 2.75) is 20.4 Å². The van der Waals surface area contributed by atoms with Crippen LogP contribution in [-0.4, -0.2) is 0 Å². The van der Waals surface area contributed by atoms with E-state index in [0.717, 1.165) is 15.7 Å². The second kappa shape index (κ2) is 6.06. The Hall–Kier alpha value is -0.870. The van der Waals surface area contributed by atoms with Crippen molar-refractivity contribution in [3.63, 3.8) is 0 Å². The third-order valence-corrected chi connectivity index (χ3v) is 5.09. The quantitative estimate of drug-likeness (QED) is 0.725. The maximum Gasteiger partial charge on any atom is 0.137 e. The molecule has 19 heavy (non-hydrogen) atoms. The van der Waals surface area contributed by atoms with Gasteiger partial charge < -0.3 is 5.32 Å². The first kappa shape index (κ1) is 14.5. The van der Waals surface area contributed by atoms with Crippen molar-refractivity contribution in [3.05, 3.63) is 61.8 Å². The second-order valence-electron chi connectivity index (χ2n) is 4.49. The number of hydrogen-bond donors (Lipinski definition) is 1. The van der Waals surface area contributed by atoms with Gasteiger partial charge in [-0.1, -0.05) is 28.1 Å². The first-order valence-corrected chi connectivity index (χ1v) is 7.51. The van der Waals surface area contributed by atoms with Crippen LogP contribution in [0.4, 0.5) is 10.1 Å². The van der Waals surface area contributed by atoms with E-state index in [1.807, 2.05) is 6.07 Å². The highest BCUT2D eigenvalue weighted by molar-refractivity contribution is 9.10. The summed E-state index contributed by atoms with van der Waals surface area (Å²) in [4.78, 5) is 0. The molecule has 0 atom stereocenters. The average Bonchev–Trinajstić information content (AvgIpc) is 2.37. The van der Waals surface area contributed by atoms with Gasteiger partial charge in [0.25, 0.3) is 0 Å². The second-order valence-corrected chi connectivity index (χ2v) is 6.08. The van der Waals surface area contributed by atoms with Gasteiger partial charge in [0, 0.05) is 16.7 Å². The van der Waals surface area contributed by atoms with Gasteiger partial charge in [-0.05, 0) is 64.7 Å². The van der Waals surface area contributed by atoms with Crippen molar-refractivity contribution in [1.29, 1.82) is 0 Å². The first-order chi connectivity index (χ1) is 8.99. The van der Waals surface area contributed by atoms with Gasteiger partial charge in [-0.15, -0.1) is 0 Å². The van der Waals surface area contributed by atoms with Gasteiger partial charge in [-0.3, -0.25) is 0 Å². The topological polar surface area (TPSA) is 12.0 Å². The fourth-order valence-electron chi connectivity index (χ4n) is 1.93. The molecule has 0 heterocycles. The monoisotopic (exact) mass is 385 g/mol. The van der Waals surface area contributed by atoms with Gasteiger partial charge in [-0.25, -0.2) is 4.39 Å². The summed E-state index contributed by atoms with van der Waals surface area (Å²) in [5, 5.41) is 3.32. The van der Waals surface area contributed by atoms with Crippen molar-refractivity contribution in [2.24, 2.45) is 0 Å². The molecule has 4 heteroatoms. The lowest BCUT2D eigenvalue weighted by Gasteiger charge is -2.12. The number of hydrogen-bond acceptors (Lipinski definition) is 1. The fourth-order valence-corrected chi connectivity index (χ4v) is 2.56. The van der Waals surface area contributed by atoms with E-state index in [1.54, 1.807) is 6.07 Å². The Morgan fingerprint density at radius 2 is 1.68 bits per heavy atom. The number of aryl methyl sites for hydroxylation is 2. The molecule has 0 aromatic heterocycles. The molecule has 0 radical (unpaired) electrons. The van der Waals surface area contributed by atoms with Gasteiger partial charge in [0.15, 0.2) is 0 Å². The lowest BCUT2D eigenvalue weighted by Crippen LogP contribution is -2.02. The van der Waals surface area contributed by atoms with E-state index in [9.17, 15) is 4.39 Å². The minimum Gasteiger partial charge on any atom is -0.381 e. The molecular weight excluding hydrogens is 373 g/mol. The highest BCUT2D eigenvalue weighted by Crippen LogP contribution is 2.26. The molecule has 0 saturated carbocycles. The molecule has 0 aliphatic carbocycles. The van der Waals surface area contributed by atoms with Gasteiger partial charge in [0.1, 0.15) is 5.82 Å². The molecule has 1 N–H and O–H groups in total. The molecule has 2 aromatic carbocycles. The Morgan fingerprint density at radius 1 is 1.05 bits per heavy atom. The first-order valence-electron chi connectivity index (χ1n) is 5.92. The number of nitrogens with one attached hydrogen (secondary N) is 1. The van der Waals surface area contributed by atoms with Gasteiger partial charge in [0.05, 0.1) is 4.47 Å². The van der Waals surface area contributed by atoms with Crippen LogP contribution < -0.4 is 5.32 Å². The SMILES string of the molecule is Cc1cc(NCc2cccc(F)c2Br)cc(C)c1Br. The lowest BCUT2D eigenvalue weighted by atomic mass is 10.1. The molecule has 0 spiro atoms. The zero-order valence-electron chi connectivity index (χ0n) is 10.7. The molecule has 0 bridgehead atoms. The zero-order valence-corrected chi connectivity index (χ0v) is 13.9. The molecule has 100 valence electrons. The number of anilines is 1. The average molecular weight is 387 g/mol. The fraction of sp³-hybridized carbons (Fsp3) is 0.200. The van der Waals surface area contributed by atoms with E-state index in [1.165, 1.54) is 17.2 Å². The van der Waals surface area contributed by atoms with E-state index in [-0.39, 0.29) is 5.82 Å². The van der Waals surface area contributed by atoms with E-state index in [2.05, 4.69) is 63.2 Å². The zero-order chi connectivity index (χ0) is 14.0. The van der Waals surface area contributed by atoms with Crippen LogP contribution >= 0.6 is 31.9 Å². The summed E-state index contributed by atoms with van der Waals surface area (Å²) in [6.45, 7) is 4.69. The highest BCUT2D eigenvalue weighted by atomic mass is 79.9. The molecule has 0 saturated heterocycles. The molecule has 0 aliphatic heterocycles. The Kier molecular flexibility index (Phi) is 4.63. The summed E-state index contributed by atoms with van der Waals surface area (Å²) in [5.74, 6) is -0.234. The summed E-state index contributed by atoms with van der Waals surface area (Å²) in [6.07, 6.45) is 0. The van der Waals surface area contributed by atoms with Crippen molar-refractivity contribution < 1.29 is 4.39 Å². The standard InChI is InChI=1S/C15H14Br2FN/c1-9-6-12(7-10(2)14(9)16)19-8-11-4-3-5-13(18)15(11)17/h3-7,19H,8H2,1-2H3. The van der Waals surface area contributed by atoms with Crippen LogP contribution in [0, 0.1) is 19.7 Å². The van der Waals surface area contributed by atoms with E-state index < -0.39 is 0 Å². The van der Waals surface area contributed by atoms with Crippen LogP contribution in [0.3, 0.4) is 0 Å². The van der Waals surface area contributed by atoms with Crippen LogP contribution in [0.2, 0.25) is 0 Å². The summed E-state index contributed by atoms with van der Waals surface area (Å²) >= 11 is 6.82. The number of rotatable bonds is 3. The van der Waals surface area contributed by atoms with Crippen LogP contribution in [0.25, 0.3) is 0 Å². The smallest absolute Gasteiger partial charge is 0.137 e. The predicted octanol–water partition coefficient (Wildman–Crippen LogP) is 5.58. The molecule has 0 fully saturated rings. The van der Waals surface area contributed by atoms with Crippen LogP contribution in [0.15, 0.2) is 39.3 Å². The van der Waals surface area contributed by atoms with Gasteiger partial charge in [0.2, 0.25) is 0 Å². The van der Waals surface area contributed by atoms with E-state index in [0.29, 0.717) is 11.0 Å². The van der Waals surface area contributed by atoms with Crippen molar-refractivity contribution in [1.82, 2.24) is 0 Å². The normalized spacial score (nSPS) is 10.6. The van der Waals surface area contributed by atoms with Crippen molar-refractivity contribution in [3.8, 4) is 0 Å². The molecule has 1 nitrogen and oxygen atoms in total. The Bertz CT molecular complexity index is 588. The van der Waals surface area contributed by atoms with Crippen LogP contribution in [0.5, 0.6) is 0 Å². The van der Waals surface area contributed by atoms with Crippen molar-refractivity contribution in [2.75, 3.05) is 5.32 Å². The van der Waals surface area contributed by atoms with Gasteiger partial charge >= 0.3 is 0 Å². The maximum absolute atomic E-state index is 13.4. The van der Waals surface area contributed by atoms with Gasteiger partial charge in [-0.2, -0.15) is 0 Å². The Labute approximate surface area is 129 Å². The summed E-state index contributed by atoms with van der Waals surface area (Å²) < 4.78 is 15.1. The lowest BCUT2D eigenvalue weighted by molar-refractivity contribution is 0.618. The maximum atomic E-state index is 13.4. The minimum atomic E-state index is -0.234. The summed E-state index contributed by atoms with van der Waals surface area (Å²) in [6, 6.07) is 9.21. The van der Waals surface area contributed by atoms with E-state index >= 15 is 0 Å². The molecule has 2 rings (SSSR count). The van der Waals surface area contributed by atoms with Crippen LogP contribution in [-0.2, 0) is 6.54 Å². The van der Waals surface area contributed by atoms with Crippen LogP contribution in [0.1, 0.15) is 16.7 Å². The molecular formula is C15H14Br2FN. The number of halogens is 3. The predicted molar refractivity (Wildman–Crippen MR) is 85.0 cm³/mol. The molecule has 0 unspecified atom stereocenters. The molecule has 0 amide bonds. The molecule has 2 aromatic rings.